The molecule has 7 nitrogen and oxygen atoms in total. The summed E-state index contributed by atoms with van der Waals surface area (Å²) in [6.45, 7) is 0. The van der Waals surface area contributed by atoms with Crippen LogP contribution >= 0.6 is 0 Å². The van der Waals surface area contributed by atoms with Gasteiger partial charge in [-0.25, -0.2) is 4.68 Å². The molecular weight excluding hydrogens is 437 g/mol. The highest BCUT2D eigenvalue weighted by molar-refractivity contribution is 6.09. The molecule has 0 saturated carbocycles. The van der Waals surface area contributed by atoms with E-state index in [0.29, 0.717) is 17.1 Å². The van der Waals surface area contributed by atoms with Crippen molar-refractivity contribution in [3.63, 3.8) is 0 Å². The number of nitrogens with zero attached hydrogens (tertiary/aromatic N) is 3. The van der Waals surface area contributed by atoms with E-state index in [-0.39, 0.29) is 11.7 Å². The van der Waals surface area contributed by atoms with Crippen LogP contribution in [0.4, 0.5) is 19.1 Å². The number of Topliss-reactive ketones (excluding diaryl/α,β-unsaturated/α-hetero) is 1. The second kappa shape index (κ2) is 7.97. The van der Waals surface area contributed by atoms with E-state index in [1.165, 1.54) is 23.1 Å². The minimum absolute atomic E-state index is 0.141. The van der Waals surface area contributed by atoms with Crippen molar-refractivity contribution >= 4 is 11.7 Å². The van der Waals surface area contributed by atoms with Crippen molar-refractivity contribution in [2.75, 3.05) is 5.32 Å². The third-order valence-electron chi connectivity index (χ3n) is 5.02. The predicted octanol–water partition coefficient (Wildman–Crippen LogP) is 5.38. The fraction of sp³-hybridized carbons (Fsp3) is 0.0870. The molecule has 10 heteroatoms. The molecule has 2 aromatic carbocycles. The van der Waals surface area contributed by atoms with Gasteiger partial charge in [0.25, 0.3) is 0 Å². The zero-order valence-electron chi connectivity index (χ0n) is 16.8. The monoisotopic (exact) mass is 452 g/mol. The van der Waals surface area contributed by atoms with Gasteiger partial charge >= 0.3 is 6.18 Å². The molecular formula is C23H15F3N4O3. The SMILES string of the molecule is O=C(C1=C(C(F)(F)F)Nc2ncnn2[C@H]1c1cccc(Oc2ccccc2)c1)c1ccco1. The summed E-state index contributed by atoms with van der Waals surface area (Å²) in [6, 6.07) is 16.9. The average molecular weight is 452 g/mol. The van der Waals surface area contributed by atoms with Crippen LogP contribution in [0.25, 0.3) is 0 Å². The van der Waals surface area contributed by atoms with Crippen molar-refractivity contribution in [2.24, 2.45) is 0 Å². The number of hydrogen-bond acceptors (Lipinski definition) is 6. The lowest BCUT2D eigenvalue weighted by Gasteiger charge is -2.30. The maximum absolute atomic E-state index is 14.1. The molecule has 0 bridgehead atoms. The number of rotatable bonds is 5. The number of furan rings is 1. The maximum Gasteiger partial charge on any atom is 0.431 e. The third kappa shape index (κ3) is 3.86. The van der Waals surface area contributed by atoms with Gasteiger partial charge in [-0.2, -0.15) is 23.3 Å². The Balaban J connectivity index is 1.66. The number of hydrogen-bond donors (Lipinski definition) is 1. The number of ketones is 1. The Morgan fingerprint density at radius 2 is 1.82 bits per heavy atom. The van der Waals surface area contributed by atoms with E-state index in [1.54, 1.807) is 48.5 Å². The first-order chi connectivity index (χ1) is 15.9. The Labute approximate surface area is 185 Å². The van der Waals surface area contributed by atoms with Crippen LogP contribution in [0.1, 0.15) is 22.2 Å². The van der Waals surface area contributed by atoms with Gasteiger partial charge in [-0.3, -0.25) is 4.79 Å². The molecule has 0 saturated heterocycles. The second-order valence-electron chi connectivity index (χ2n) is 7.14. The van der Waals surface area contributed by atoms with Crippen molar-refractivity contribution in [1.29, 1.82) is 0 Å². The van der Waals surface area contributed by atoms with Crippen molar-refractivity contribution in [3.8, 4) is 11.5 Å². The van der Waals surface area contributed by atoms with Crippen LogP contribution in [-0.2, 0) is 0 Å². The number of nitrogens with one attached hydrogen (secondary N) is 1. The molecule has 0 unspecified atom stereocenters. The van der Waals surface area contributed by atoms with Gasteiger partial charge in [-0.15, -0.1) is 0 Å². The van der Waals surface area contributed by atoms with Gasteiger partial charge < -0.3 is 14.5 Å². The molecule has 1 aliphatic heterocycles. The molecule has 4 aromatic rings. The van der Waals surface area contributed by atoms with Crippen molar-refractivity contribution in [1.82, 2.24) is 14.8 Å². The van der Waals surface area contributed by atoms with Gasteiger partial charge in [0.05, 0.1) is 11.8 Å². The first kappa shape index (κ1) is 20.6. The summed E-state index contributed by atoms with van der Waals surface area (Å²) in [7, 11) is 0. The standard InChI is InChI=1S/C23H15F3N4O3/c24-23(25,26)21-18(20(31)17-10-5-11-32-17)19(30-22(29-21)27-13-28-30)14-6-4-9-16(12-14)33-15-7-2-1-3-8-15/h1-13,19H,(H,27,28,29)/t19-/m0/s1. The number of carbonyl (C=O) groups is 1. The fourth-order valence-corrected chi connectivity index (χ4v) is 3.65. The van der Waals surface area contributed by atoms with Crippen LogP contribution < -0.4 is 10.1 Å². The normalized spacial score (nSPS) is 15.7. The zero-order valence-corrected chi connectivity index (χ0v) is 16.8. The number of anilines is 1. The second-order valence-corrected chi connectivity index (χ2v) is 7.14. The summed E-state index contributed by atoms with van der Waals surface area (Å²) in [4.78, 5) is 17.1. The van der Waals surface area contributed by atoms with Gasteiger partial charge in [0, 0.05) is 0 Å². The van der Waals surface area contributed by atoms with Gasteiger partial charge in [0.2, 0.25) is 11.7 Å². The van der Waals surface area contributed by atoms with Crippen molar-refractivity contribution in [3.05, 3.63) is 102 Å². The first-order valence-electron chi connectivity index (χ1n) is 9.81. The third-order valence-corrected chi connectivity index (χ3v) is 5.02. The van der Waals surface area contributed by atoms with Gasteiger partial charge in [0.1, 0.15) is 29.6 Å². The molecule has 5 rings (SSSR count). The molecule has 0 aliphatic carbocycles. The van der Waals surface area contributed by atoms with Crippen molar-refractivity contribution < 1.29 is 27.1 Å². The predicted molar refractivity (Wildman–Crippen MR) is 111 cm³/mol. The quantitative estimate of drug-likeness (QED) is 0.410. The molecule has 0 amide bonds. The van der Waals surface area contributed by atoms with E-state index in [2.05, 4.69) is 15.4 Å². The molecule has 1 atom stereocenters. The molecule has 0 fully saturated rings. The van der Waals surface area contributed by atoms with E-state index in [0.717, 1.165) is 6.33 Å². The highest BCUT2D eigenvalue weighted by atomic mass is 19.4. The smallest absolute Gasteiger partial charge is 0.431 e. The molecule has 1 aliphatic rings. The minimum atomic E-state index is -4.86. The highest BCUT2D eigenvalue weighted by Crippen LogP contribution is 2.42. The van der Waals surface area contributed by atoms with Gasteiger partial charge in [-0.1, -0.05) is 30.3 Å². The molecule has 2 aromatic heterocycles. The summed E-state index contributed by atoms with van der Waals surface area (Å²) >= 11 is 0. The lowest BCUT2D eigenvalue weighted by atomic mass is 9.91. The molecule has 166 valence electrons. The number of para-hydroxylation sites is 1. The summed E-state index contributed by atoms with van der Waals surface area (Å²) in [5.74, 6) is -0.339. The molecule has 0 spiro atoms. The van der Waals surface area contributed by atoms with Gasteiger partial charge in [-0.05, 0) is 42.0 Å². The van der Waals surface area contributed by atoms with Crippen molar-refractivity contribution in [2.45, 2.75) is 12.2 Å². The number of alkyl halides is 3. The van der Waals surface area contributed by atoms with E-state index >= 15 is 0 Å². The Kier molecular flexibility index (Phi) is 4.97. The summed E-state index contributed by atoms with van der Waals surface area (Å²) < 4.78 is 54.4. The summed E-state index contributed by atoms with van der Waals surface area (Å²) in [5.41, 5.74) is -1.43. The largest absolute Gasteiger partial charge is 0.461 e. The number of carbonyl (C=O) groups excluding carboxylic acids is 1. The number of ether oxygens (including phenoxy) is 1. The zero-order chi connectivity index (χ0) is 23.0. The maximum atomic E-state index is 14.1. The van der Waals surface area contributed by atoms with E-state index in [4.69, 9.17) is 9.15 Å². The lowest BCUT2D eigenvalue weighted by molar-refractivity contribution is -0.0918. The summed E-state index contributed by atoms with van der Waals surface area (Å²) in [6.07, 6.45) is -2.51. The van der Waals surface area contributed by atoms with Crippen LogP contribution in [0.2, 0.25) is 0 Å². The number of aromatic nitrogens is 3. The molecule has 3 heterocycles. The first-order valence-corrected chi connectivity index (χ1v) is 9.81. The number of benzene rings is 2. The Hall–Kier alpha value is -4.34. The topological polar surface area (TPSA) is 82.2 Å². The fourth-order valence-electron chi connectivity index (χ4n) is 3.65. The molecule has 1 N–H and O–H groups in total. The van der Waals surface area contributed by atoms with Crippen LogP contribution in [0.5, 0.6) is 11.5 Å². The highest BCUT2D eigenvalue weighted by Gasteiger charge is 2.46. The molecule has 33 heavy (non-hydrogen) atoms. The Morgan fingerprint density at radius 1 is 1.03 bits per heavy atom. The van der Waals surface area contributed by atoms with E-state index < -0.39 is 29.3 Å². The van der Waals surface area contributed by atoms with Gasteiger partial charge in [0.15, 0.2) is 5.76 Å². The summed E-state index contributed by atoms with van der Waals surface area (Å²) in [5, 5.41) is 6.29. The van der Waals surface area contributed by atoms with Crippen LogP contribution in [-0.4, -0.2) is 26.7 Å². The Morgan fingerprint density at radius 3 is 2.55 bits per heavy atom. The molecule has 0 radical (unpaired) electrons. The Bertz CT molecular complexity index is 1330. The number of halogens is 3. The van der Waals surface area contributed by atoms with E-state index in [9.17, 15) is 18.0 Å². The lowest BCUT2D eigenvalue weighted by Crippen LogP contribution is -2.35. The van der Waals surface area contributed by atoms with E-state index in [1.807, 2.05) is 6.07 Å². The van der Waals surface area contributed by atoms with Crippen LogP contribution in [0.15, 0.2) is 95.0 Å². The van der Waals surface area contributed by atoms with Crippen LogP contribution in [0.3, 0.4) is 0 Å². The average Bonchev–Trinajstić information content (AvgIpc) is 3.50. The van der Waals surface area contributed by atoms with Crippen LogP contribution in [0, 0.1) is 0 Å². The number of fused-ring (bicyclic) bond motifs is 1. The number of allylic oxidation sites excluding steroid dienone is 2. The minimum Gasteiger partial charge on any atom is -0.461 e.